The zero-order valence-corrected chi connectivity index (χ0v) is 28.4. The van der Waals surface area contributed by atoms with E-state index < -0.39 is 45.8 Å². The molecule has 0 fully saturated rings. The van der Waals surface area contributed by atoms with Gasteiger partial charge >= 0.3 is 0 Å². The molecule has 0 bridgehead atoms. The third-order valence-electron chi connectivity index (χ3n) is 7.15. The standard InChI is InChI=1S/C36H39ClFN3O5S/c1-5-46-31-19-21-32(22-20-31)47(44,45)41(30-17-15-29(38)16-18-30)25-34(42)40(24-27-11-13-28(37)14-12-27)33(35(43)39-36(2,3)4)23-26-9-7-6-8-10-26/h6-22,33H,5,23-25H2,1-4H3,(H,39,43)/t33-/m0/s1. The van der Waals surface area contributed by atoms with Crippen molar-refractivity contribution in [2.75, 3.05) is 17.5 Å². The third-order valence-corrected chi connectivity index (χ3v) is 9.19. The van der Waals surface area contributed by atoms with Gasteiger partial charge in [0, 0.05) is 23.5 Å². The molecule has 2 amide bonds. The summed E-state index contributed by atoms with van der Waals surface area (Å²) in [5.74, 6) is -1.11. The first kappa shape index (κ1) is 35.4. The summed E-state index contributed by atoms with van der Waals surface area (Å²) in [6, 6.07) is 25.8. The fourth-order valence-electron chi connectivity index (χ4n) is 4.93. The van der Waals surface area contributed by atoms with E-state index in [4.69, 9.17) is 16.3 Å². The van der Waals surface area contributed by atoms with Gasteiger partial charge in [0.2, 0.25) is 11.8 Å². The molecule has 0 heterocycles. The molecule has 4 aromatic carbocycles. The lowest BCUT2D eigenvalue weighted by Crippen LogP contribution is -2.56. The van der Waals surface area contributed by atoms with Crippen molar-refractivity contribution in [3.8, 4) is 5.75 Å². The van der Waals surface area contributed by atoms with Gasteiger partial charge < -0.3 is 15.0 Å². The summed E-state index contributed by atoms with van der Waals surface area (Å²) >= 11 is 6.13. The Hall–Kier alpha value is -4.41. The fourth-order valence-corrected chi connectivity index (χ4v) is 6.47. The first-order valence-corrected chi connectivity index (χ1v) is 17.0. The van der Waals surface area contributed by atoms with Crippen LogP contribution in [0.4, 0.5) is 10.1 Å². The molecule has 248 valence electrons. The summed E-state index contributed by atoms with van der Waals surface area (Å²) in [6.07, 6.45) is 0.171. The second-order valence-corrected chi connectivity index (χ2v) is 14.3. The number of nitrogens with one attached hydrogen (secondary N) is 1. The van der Waals surface area contributed by atoms with Crippen molar-refractivity contribution in [3.63, 3.8) is 0 Å². The molecule has 0 aromatic heterocycles. The van der Waals surface area contributed by atoms with Gasteiger partial charge in [-0.2, -0.15) is 0 Å². The van der Waals surface area contributed by atoms with Crippen LogP contribution in [-0.4, -0.2) is 49.9 Å². The number of hydrogen-bond acceptors (Lipinski definition) is 5. The Morgan fingerprint density at radius 3 is 2.06 bits per heavy atom. The molecular formula is C36H39ClFN3O5S. The van der Waals surface area contributed by atoms with Crippen molar-refractivity contribution in [2.45, 2.75) is 57.1 Å². The first-order valence-electron chi connectivity index (χ1n) is 15.2. The molecule has 11 heteroatoms. The number of sulfonamides is 1. The number of nitrogens with zero attached hydrogens (tertiary/aromatic N) is 2. The predicted molar refractivity (Wildman–Crippen MR) is 182 cm³/mol. The van der Waals surface area contributed by atoms with Crippen molar-refractivity contribution in [2.24, 2.45) is 0 Å². The highest BCUT2D eigenvalue weighted by molar-refractivity contribution is 7.92. The number of amides is 2. The quantitative estimate of drug-likeness (QED) is 0.171. The zero-order valence-electron chi connectivity index (χ0n) is 26.8. The number of anilines is 1. The molecule has 1 atom stereocenters. The monoisotopic (exact) mass is 679 g/mol. The van der Waals surface area contributed by atoms with E-state index in [9.17, 15) is 22.4 Å². The molecule has 0 radical (unpaired) electrons. The number of benzene rings is 4. The van der Waals surface area contributed by atoms with E-state index >= 15 is 0 Å². The maximum absolute atomic E-state index is 14.5. The molecule has 0 aliphatic heterocycles. The average molecular weight is 680 g/mol. The fraction of sp³-hybridized carbons (Fsp3) is 0.278. The minimum absolute atomic E-state index is 0.00851. The van der Waals surface area contributed by atoms with E-state index in [-0.39, 0.29) is 23.5 Å². The van der Waals surface area contributed by atoms with E-state index in [1.807, 2.05) is 58.0 Å². The van der Waals surface area contributed by atoms with Gasteiger partial charge in [0.15, 0.2) is 0 Å². The van der Waals surface area contributed by atoms with E-state index in [1.165, 1.54) is 41.3 Å². The highest BCUT2D eigenvalue weighted by Crippen LogP contribution is 2.27. The molecule has 0 unspecified atom stereocenters. The SMILES string of the molecule is CCOc1ccc(S(=O)(=O)N(CC(=O)N(Cc2ccc(Cl)cc2)[C@@H](Cc2ccccc2)C(=O)NC(C)(C)C)c2ccc(F)cc2)cc1. The lowest BCUT2D eigenvalue weighted by atomic mass is 10.0. The molecule has 8 nitrogen and oxygen atoms in total. The van der Waals surface area contributed by atoms with Crippen LogP contribution in [-0.2, 0) is 32.6 Å². The Balaban J connectivity index is 1.80. The number of hydrogen-bond donors (Lipinski definition) is 1. The van der Waals surface area contributed by atoms with Crippen LogP contribution in [0, 0.1) is 5.82 Å². The van der Waals surface area contributed by atoms with E-state index in [1.54, 1.807) is 24.3 Å². The van der Waals surface area contributed by atoms with Crippen LogP contribution in [0.15, 0.2) is 108 Å². The zero-order chi connectivity index (χ0) is 34.2. The van der Waals surface area contributed by atoms with Gasteiger partial charge in [-0.25, -0.2) is 12.8 Å². The Morgan fingerprint density at radius 1 is 0.872 bits per heavy atom. The highest BCUT2D eigenvalue weighted by atomic mass is 35.5. The van der Waals surface area contributed by atoms with Crippen LogP contribution in [0.2, 0.25) is 5.02 Å². The number of rotatable bonds is 13. The topological polar surface area (TPSA) is 96.0 Å². The minimum Gasteiger partial charge on any atom is -0.494 e. The second kappa shape index (κ2) is 15.5. The molecule has 0 aliphatic rings. The van der Waals surface area contributed by atoms with Gasteiger partial charge in [0.25, 0.3) is 10.0 Å². The minimum atomic E-state index is -4.35. The van der Waals surface area contributed by atoms with Crippen molar-refractivity contribution < 1.29 is 27.1 Å². The van der Waals surface area contributed by atoms with E-state index in [0.29, 0.717) is 22.9 Å². The maximum atomic E-state index is 14.5. The molecule has 47 heavy (non-hydrogen) atoms. The lowest BCUT2D eigenvalue weighted by Gasteiger charge is -2.35. The number of carbonyl (C=O) groups is 2. The molecular weight excluding hydrogens is 641 g/mol. The molecule has 1 N–H and O–H groups in total. The van der Waals surface area contributed by atoms with Crippen LogP contribution in [0.3, 0.4) is 0 Å². The van der Waals surface area contributed by atoms with Crippen molar-refractivity contribution in [1.82, 2.24) is 10.2 Å². The molecule has 0 saturated heterocycles. The van der Waals surface area contributed by atoms with E-state index in [0.717, 1.165) is 22.0 Å². The van der Waals surface area contributed by atoms with Crippen molar-refractivity contribution >= 4 is 39.1 Å². The molecule has 0 aliphatic carbocycles. The Bertz CT molecular complexity index is 1750. The summed E-state index contributed by atoms with van der Waals surface area (Å²) in [7, 11) is -4.35. The van der Waals surface area contributed by atoms with Gasteiger partial charge in [0.05, 0.1) is 17.2 Å². The number of halogens is 2. The van der Waals surface area contributed by atoms with Crippen LogP contribution < -0.4 is 14.4 Å². The molecule has 4 rings (SSSR count). The van der Waals surface area contributed by atoms with Crippen LogP contribution in [0.5, 0.6) is 5.75 Å². The summed E-state index contributed by atoms with van der Waals surface area (Å²) in [4.78, 5) is 29.7. The summed E-state index contributed by atoms with van der Waals surface area (Å²) in [5, 5.41) is 3.50. The predicted octanol–water partition coefficient (Wildman–Crippen LogP) is 6.63. The largest absolute Gasteiger partial charge is 0.494 e. The normalized spacial score (nSPS) is 12.2. The van der Waals surface area contributed by atoms with Crippen LogP contribution in [0.1, 0.15) is 38.8 Å². The number of ether oxygens (including phenoxy) is 1. The molecule has 0 spiro atoms. The maximum Gasteiger partial charge on any atom is 0.264 e. The summed E-state index contributed by atoms with van der Waals surface area (Å²) in [6.45, 7) is 7.07. The summed E-state index contributed by atoms with van der Waals surface area (Å²) in [5.41, 5.74) is 0.969. The molecule has 4 aromatic rings. The molecule has 0 saturated carbocycles. The van der Waals surface area contributed by atoms with Crippen molar-refractivity contribution in [1.29, 1.82) is 0 Å². The second-order valence-electron chi connectivity index (χ2n) is 12.0. The van der Waals surface area contributed by atoms with Gasteiger partial charge in [-0.1, -0.05) is 54.1 Å². The van der Waals surface area contributed by atoms with Crippen LogP contribution in [0.25, 0.3) is 0 Å². The first-order chi connectivity index (χ1) is 22.3. The van der Waals surface area contributed by atoms with Crippen molar-refractivity contribution in [3.05, 3.63) is 125 Å². The smallest absolute Gasteiger partial charge is 0.264 e. The Labute approximate surface area is 281 Å². The summed E-state index contributed by atoms with van der Waals surface area (Å²) < 4.78 is 48.7. The van der Waals surface area contributed by atoms with Gasteiger partial charge in [-0.05, 0) is 99.5 Å². The van der Waals surface area contributed by atoms with Gasteiger partial charge in [-0.3, -0.25) is 13.9 Å². The third kappa shape index (κ3) is 9.79. The van der Waals surface area contributed by atoms with Crippen LogP contribution >= 0.6 is 11.6 Å². The Kier molecular flexibility index (Phi) is 11.7. The lowest BCUT2D eigenvalue weighted by molar-refractivity contribution is -0.140. The number of carbonyl (C=O) groups excluding carboxylic acids is 2. The van der Waals surface area contributed by atoms with Gasteiger partial charge in [-0.15, -0.1) is 0 Å². The van der Waals surface area contributed by atoms with E-state index in [2.05, 4.69) is 5.32 Å². The average Bonchev–Trinajstić information content (AvgIpc) is 3.03. The highest BCUT2D eigenvalue weighted by Gasteiger charge is 2.35. The van der Waals surface area contributed by atoms with Gasteiger partial charge in [0.1, 0.15) is 24.2 Å². The Morgan fingerprint density at radius 2 is 1.49 bits per heavy atom.